The van der Waals surface area contributed by atoms with Crippen LogP contribution in [0.5, 0.6) is 23.0 Å². The molecule has 42 heavy (non-hydrogen) atoms. The quantitative estimate of drug-likeness (QED) is 0.159. The summed E-state index contributed by atoms with van der Waals surface area (Å²) in [4.78, 5) is 13.5. The maximum absolute atomic E-state index is 13.5. The standard InChI is InChI=1S/C27H30O15/c1-9-17(31)20(34)22(36)26(39-9)38-8-15-18(32)21(35)23(37)27(41-15)42-25-19(33)16-13(30)6-12(29)7-14(16)40-24(25)10-2-4-11(28)5-3-10/h2-7,9,15,17-18,20-23,26-32,34-37H,8H2,1H3/t9?,15?,17-,18+,20+,21+,22?,23?,26+,27-/m0/s1. The fourth-order valence-electron chi connectivity index (χ4n) is 4.79. The van der Waals surface area contributed by atoms with Crippen molar-refractivity contribution in [3.8, 4) is 34.3 Å². The molecule has 0 bridgehead atoms. The Kier molecular flexibility index (Phi) is 8.30. The van der Waals surface area contributed by atoms with Gasteiger partial charge < -0.3 is 69.3 Å². The van der Waals surface area contributed by atoms with Crippen LogP contribution in [0.2, 0.25) is 0 Å². The van der Waals surface area contributed by atoms with Crippen molar-refractivity contribution >= 4 is 11.0 Å². The number of aliphatic hydroxyl groups is 6. The van der Waals surface area contributed by atoms with Gasteiger partial charge in [-0.25, -0.2) is 0 Å². The zero-order valence-electron chi connectivity index (χ0n) is 21.9. The highest BCUT2D eigenvalue weighted by Gasteiger charge is 2.47. The lowest BCUT2D eigenvalue weighted by Crippen LogP contribution is -2.61. The normalized spacial score (nSPS) is 33.5. The van der Waals surface area contributed by atoms with Gasteiger partial charge in [0.2, 0.25) is 17.5 Å². The second kappa shape index (κ2) is 11.6. The number of rotatable bonds is 6. The number of hydrogen-bond donors (Lipinski definition) is 9. The number of hydrogen-bond acceptors (Lipinski definition) is 15. The van der Waals surface area contributed by atoms with E-state index in [2.05, 4.69) is 0 Å². The zero-order valence-corrected chi connectivity index (χ0v) is 21.9. The van der Waals surface area contributed by atoms with Gasteiger partial charge in [0.15, 0.2) is 12.1 Å². The highest BCUT2D eigenvalue weighted by molar-refractivity contribution is 5.88. The third kappa shape index (κ3) is 5.49. The van der Waals surface area contributed by atoms with Crippen molar-refractivity contribution in [3.05, 3.63) is 46.6 Å². The van der Waals surface area contributed by atoms with Gasteiger partial charge >= 0.3 is 0 Å². The molecule has 15 heteroatoms. The summed E-state index contributed by atoms with van der Waals surface area (Å²) in [7, 11) is 0. The number of ether oxygens (including phenoxy) is 4. The Bertz CT molecular complexity index is 1470. The van der Waals surface area contributed by atoms with E-state index in [0.717, 1.165) is 12.1 Å². The van der Waals surface area contributed by atoms with E-state index in [-0.39, 0.29) is 28.0 Å². The van der Waals surface area contributed by atoms with E-state index < -0.39 is 90.7 Å². The van der Waals surface area contributed by atoms with Crippen molar-refractivity contribution in [2.24, 2.45) is 0 Å². The maximum Gasteiger partial charge on any atom is 0.239 e. The molecular formula is C27H30O15. The van der Waals surface area contributed by atoms with Gasteiger partial charge in [0.25, 0.3) is 0 Å². The molecule has 2 fully saturated rings. The molecule has 0 radical (unpaired) electrons. The molecular weight excluding hydrogens is 564 g/mol. The van der Waals surface area contributed by atoms with Gasteiger partial charge in [-0.05, 0) is 31.2 Å². The van der Waals surface area contributed by atoms with Crippen molar-refractivity contribution < 1.29 is 69.3 Å². The Labute approximate surface area is 236 Å². The number of phenols is 3. The fourth-order valence-corrected chi connectivity index (χ4v) is 4.79. The molecule has 0 amide bonds. The van der Waals surface area contributed by atoms with Crippen molar-refractivity contribution in [1.82, 2.24) is 0 Å². The molecule has 228 valence electrons. The summed E-state index contributed by atoms with van der Waals surface area (Å²) in [5.41, 5.74) is -0.956. The second-order valence-corrected chi connectivity index (χ2v) is 10.1. The topological polar surface area (TPSA) is 249 Å². The predicted molar refractivity (Wildman–Crippen MR) is 139 cm³/mol. The van der Waals surface area contributed by atoms with Gasteiger partial charge in [-0.1, -0.05) is 0 Å². The van der Waals surface area contributed by atoms with E-state index in [0.29, 0.717) is 0 Å². The molecule has 2 aliphatic rings. The molecule has 9 N–H and O–H groups in total. The minimum absolute atomic E-state index is 0.103. The first-order valence-corrected chi connectivity index (χ1v) is 12.9. The van der Waals surface area contributed by atoms with Crippen LogP contribution in [-0.2, 0) is 14.2 Å². The van der Waals surface area contributed by atoms with Crippen LogP contribution in [-0.4, -0.2) is 114 Å². The average molecular weight is 595 g/mol. The minimum Gasteiger partial charge on any atom is -0.508 e. The van der Waals surface area contributed by atoms with Crippen LogP contribution < -0.4 is 10.2 Å². The van der Waals surface area contributed by atoms with Crippen LogP contribution in [0, 0.1) is 0 Å². The van der Waals surface area contributed by atoms with Gasteiger partial charge in [0.05, 0.1) is 12.7 Å². The number of fused-ring (bicyclic) bond motifs is 1. The van der Waals surface area contributed by atoms with Crippen LogP contribution in [0.3, 0.4) is 0 Å². The zero-order chi connectivity index (χ0) is 30.5. The molecule has 2 aliphatic heterocycles. The minimum atomic E-state index is -1.92. The molecule has 1 aromatic heterocycles. The molecule has 5 rings (SSSR count). The summed E-state index contributed by atoms with van der Waals surface area (Å²) in [6, 6.07) is 7.33. The van der Waals surface area contributed by atoms with E-state index in [1.54, 1.807) is 0 Å². The lowest BCUT2D eigenvalue weighted by molar-refractivity contribution is -0.318. The molecule has 15 nitrogen and oxygen atoms in total. The van der Waals surface area contributed by atoms with E-state index in [1.807, 2.05) is 0 Å². The first kappa shape index (κ1) is 30.0. The lowest BCUT2D eigenvalue weighted by atomic mass is 9.98. The van der Waals surface area contributed by atoms with Crippen molar-refractivity contribution in [2.75, 3.05) is 6.61 Å². The first-order chi connectivity index (χ1) is 19.9. The van der Waals surface area contributed by atoms with Gasteiger partial charge in [0, 0.05) is 17.7 Å². The molecule has 3 aromatic rings. The SMILES string of the molecule is CC1O[C@@H](OCC2O[C@@H](Oc3c(-c4ccc(O)cc4)oc4cc(O)cc(O)c4c3=O)C(O)[C@H](O)[C@@H]2O)C(O)[C@H](O)[C@H]1O. The Morgan fingerprint density at radius 3 is 2.10 bits per heavy atom. The number of aromatic hydroxyl groups is 3. The van der Waals surface area contributed by atoms with Crippen LogP contribution in [0.4, 0.5) is 0 Å². The Hall–Kier alpha value is -3.51. The Balaban J connectivity index is 1.46. The molecule has 3 heterocycles. The maximum atomic E-state index is 13.5. The van der Waals surface area contributed by atoms with Gasteiger partial charge in [0.1, 0.15) is 70.9 Å². The Morgan fingerprint density at radius 2 is 1.40 bits per heavy atom. The van der Waals surface area contributed by atoms with E-state index in [1.165, 1.54) is 31.2 Å². The fraction of sp³-hybridized carbons (Fsp3) is 0.444. The summed E-state index contributed by atoms with van der Waals surface area (Å²) in [6.45, 7) is 0.866. The highest BCUT2D eigenvalue weighted by atomic mass is 16.7. The van der Waals surface area contributed by atoms with Crippen LogP contribution >= 0.6 is 0 Å². The smallest absolute Gasteiger partial charge is 0.239 e. The number of phenolic OH excluding ortho intramolecular Hbond substituents is 3. The lowest BCUT2D eigenvalue weighted by Gasteiger charge is -2.42. The van der Waals surface area contributed by atoms with Gasteiger partial charge in [-0.2, -0.15) is 0 Å². The second-order valence-electron chi connectivity index (χ2n) is 10.1. The van der Waals surface area contributed by atoms with Crippen LogP contribution in [0.15, 0.2) is 45.6 Å². The number of aliphatic hydroxyl groups excluding tert-OH is 6. The van der Waals surface area contributed by atoms with Crippen LogP contribution in [0.25, 0.3) is 22.3 Å². The summed E-state index contributed by atoms with van der Waals surface area (Å²) >= 11 is 0. The monoisotopic (exact) mass is 594 g/mol. The van der Waals surface area contributed by atoms with Crippen molar-refractivity contribution in [2.45, 2.75) is 68.3 Å². The largest absolute Gasteiger partial charge is 0.508 e. The molecule has 0 aliphatic carbocycles. The van der Waals surface area contributed by atoms with Crippen molar-refractivity contribution in [3.63, 3.8) is 0 Å². The Morgan fingerprint density at radius 1 is 0.762 bits per heavy atom. The summed E-state index contributed by atoms with van der Waals surface area (Å²) in [6.07, 6.45) is -15.8. The summed E-state index contributed by atoms with van der Waals surface area (Å²) in [5.74, 6) is -1.97. The van der Waals surface area contributed by atoms with E-state index >= 15 is 0 Å². The van der Waals surface area contributed by atoms with E-state index in [9.17, 15) is 50.8 Å². The molecule has 0 saturated carbocycles. The van der Waals surface area contributed by atoms with Gasteiger partial charge in [-0.3, -0.25) is 4.79 Å². The predicted octanol–water partition coefficient (Wildman–Crippen LogP) is -1.39. The molecule has 2 saturated heterocycles. The van der Waals surface area contributed by atoms with E-state index in [4.69, 9.17) is 23.4 Å². The number of benzene rings is 2. The first-order valence-electron chi connectivity index (χ1n) is 12.9. The highest BCUT2D eigenvalue weighted by Crippen LogP contribution is 2.37. The molecule has 10 atom stereocenters. The van der Waals surface area contributed by atoms with Crippen LogP contribution in [0.1, 0.15) is 6.92 Å². The summed E-state index contributed by atoms with van der Waals surface area (Å²) < 4.78 is 28.0. The summed E-state index contributed by atoms with van der Waals surface area (Å²) in [5, 5.41) is 91.4. The molecule has 2 aromatic carbocycles. The van der Waals surface area contributed by atoms with Crippen molar-refractivity contribution in [1.29, 1.82) is 0 Å². The third-order valence-electron chi connectivity index (χ3n) is 7.18. The average Bonchev–Trinajstić information content (AvgIpc) is 2.95. The molecule has 0 spiro atoms. The van der Waals surface area contributed by atoms with Gasteiger partial charge in [-0.15, -0.1) is 0 Å². The molecule has 4 unspecified atom stereocenters. The third-order valence-corrected chi connectivity index (χ3v) is 7.18.